The summed E-state index contributed by atoms with van der Waals surface area (Å²) in [6.45, 7) is 0. The highest BCUT2D eigenvalue weighted by molar-refractivity contribution is 5.87. The van der Waals surface area contributed by atoms with E-state index in [0.29, 0.717) is 17.4 Å². The first-order valence-corrected chi connectivity index (χ1v) is 4.22. The summed E-state index contributed by atoms with van der Waals surface area (Å²) < 4.78 is 0. The number of aliphatic carboxylic acids is 1. The highest BCUT2D eigenvalue weighted by Gasteiger charge is 2.37. The molecule has 2 aliphatic rings. The maximum atomic E-state index is 10.7. The van der Waals surface area contributed by atoms with E-state index in [1.165, 1.54) is 12.8 Å². The normalized spacial score (nSPS) is 32.2. The van der Waals surface area contributed by atoms with E-state index >= 15 is 0 Å². The van der Waals surface area contributed by atoms with E-state index < -0.39 is 5.97 Å². The summed E-state index contributed by atoms with van der Waals surface area (Å²) in [6.07, 6.45) is 6.44. The van der Waals surface area contributed by atoms with Gasteiger partial charge in [-0.1, -0.05) is 6.08 Å². The maximum Gasteiger partial charge on any atom is 0.331 e. The minimum atomic E-state index is -0.695. The number of carbonyl (C=O) groups is 1. The van der Waals surface area contributed by atoms with Gasteiger partial charge in [0.2, 0.25) is 0 Å². The molecule has 2 aliphatic carbocycles. The zero-order valence-electron chi connectivity index (χ0n) is 6.92. The summed E-state index contributed by atoms with van der Waals surface area (Å²) >= 11 is 0. The topological polar surface area (TPSA) is 68.8 Å². The molecule has 2 unspecified atom stereocenters. The molecule has 1 fully saturated rings. The van der Waals surface area contributed by atoms with Gasteiger partial charge in [0.25, 0.3) is 0 Å². The molecule has 0 aromatic heterocycles. The van der Waals surface area contributed by atoms with Crippen LogP contribution >= 0.6 is 0 Å². The second kappa shape index (κ2) is 3.27. The molecule has 2 atom stereocenters. The van der Waals surface area contributed by atoms with Crippen molar-refractivity contribution in [3.63, 3.8) is 0 Å². The average Bonchev–Trinajstić information content (AvgIpc) is 1.90. The van der Waals surface area contributed by atoms with Crippen molar-refractivity contribution >= 4 is 5.97 Å². The molecule has 3 heteroatoms. The van der Waals surface area contributed by atoms with Gasteiger partial charge in [-0.25, -0.2) is 4.79 Å². The standard InChI is InChI=1S/C9H12O2.H2O/c10-9(11)8-3-1-2-6-4-5-7(6)8;/h3,6-7H,1-2,4-5H2,(H,10,11);1H2. The van der Waals surface area contributed by atoms with Crippen molar-refractivity contribution in [1.29, 1.82) is 0 Å². The number of rotatable bonds is 1. The summed E-state index contributed by atoms with van der Waals surface area (Å²) in [4.78, 5) is 10.7. The fraction of sp³-hybridized carbons (Fsp3) is 0.667. The molecule has 1 saturated carbocycles. The molecule has 2 rings (SSSR count). The van der Waals surface area contributed by atoms with Gasteiger partial charge in [0.1, 0.15) is 0 Å². The van der Waals surface area contributed by atoms with Crippen LogP contribution in [0.1, 0.15) is 25.7 Å². The van der Waals surface area contributed by atoms with Gasteiger partial charge in [-0.2, -0.15) is 0 Å². The van der Waals surface area contributed by atoms with Crippen LogP contribution in [0.15, 0.2) is 11.6 Å². The van der Waals surface area contributed by atoms with E-state index in [-0.39, 0.29) is 5.48 Å². The van der Waals surface area contributed by atoms with E-state index in [9.17, 15) is 4.79 Å². The lowest BCUT2D eigenvalue weighted by atomic mass is 9.65. The highest BCUT2D eigenvalue weighted by Crippen LogP contribution is 2.45. The number of hydrogen-bond donors (Lipinski definition) is 1. The number of fused-ring (bicyclic) bond motifs is 1. The lowest BCUT2D eigenvalue weighted by Crippen LogP contribution is -2.32. The lowest BCUT2D eigenvalue weighted by molar-refractivity contribution is -0.134. The Morgan fingerprint density at radius 3 is 2.58 bits per heavy atom. The first-order chi connectivity index (χ1) is 5.29. The van der Waals surface area contributed by atoms with Gasteiger partial charge >= 0.3 is 5.97 Å². The Bertz CT molecular complexity index is 220. The Morgan fingerprint density at radius 1 is 1.42 bits per heavy atom. The van der Waals surface area contributed by atoms with Crippen LogP contribution in [0.3, 0.4) is 0 Å². The number of carboxylic acids is 1. The third-order valence-corrected chi connectivity index (χ3v) is 2.97. The molecule has 0 saturated heterocycles. The summed E-state index contributed by atoms with van der Waals surface area (Å²) in [7, 11) is 0. The van der Waals surface area contributed by atoms with Crippen LogP contribution in [0.2, 0.25) is 0 Å². The van der Waals surface area contributed by atoms with Gasteiger partial charge in [0, 0.05) is 5.57 Å². The quantitative estimate of drug-likeness (QED) is 0.637. The second-order valence-electron chi connectivity index (χ2n) is 3.49. The molecule has 3 nitrogen and oxygen atoms in total. The van der Waals surface area contributed by atoms with Crippen LogP contribution in [-0.2, 0) is 4.79 Å². The fourth-order valence-electron chi connectivity index (χ4n) is 2.17. The molecule has 0 aliphatic heterocycles. The van der Waals surface area contributed by atoms with Crippen molar-refractivity contribution in [3.8, 4) is 0 Å². The second-order valence-corrected chi connectivity index (χ2v) is 3.49. The Morgan fingerprint density at radius 2 is 2.17 bits per heavy atom. The van der Waals surface area contributed by atoms with Gasteiger partial charge in [-0.3, -0.25) is 0 Å². The van der Waals surface area contributed by atoms with Crippen LogP contribution in [0, 0.1) is 11.8 Å². The third kappa shape index (κ3) is 1.25. The maximum absolute atomic E-state index is 10.7. The minimum Gasteiger partial charge on any atom is -0.478 e. The van der Waals surface area contributed by atoms with Gasteiger partial charge in [0.15, 0.2) is 0 Å². The van der Waals surface area contributed by atoms with Crippen molar-refractivity contribution in [2.45, 2.75) is 25.7 Å². The molecule has 0 amide bonds. The van der Waals surface area contributed by atoms with Gasteiger partial charge in [-0.05, 0) is 37.5 Å². The number of allylic oxidation sites excluding steroid dienone is 1. The Hall–Kier alpha value is -0.830. The predicted molar refractivity (Wildman–Crippen MR) is 44.8 cm³/mol. The van der Waals surface area contributed by atoms with E-state index in [4.69, 9.17) is 5.11 Å². The minimum absolute atomic E-state index is 0. The largest absolute Gasteiger partial charge is 0.478 e. The molecule has 12 heavy (non-hydrogen) atoms. The van der Waals surface area contributed by atoms with Crippen LogP contribution in [-0.4, -0.2) is 16.6 Å². The van der Waals surface area contributed by atoms with E-state index in [1.54, 1.807) is 0 Å². The van der Waals surface area contributed by atoms with Crippen LogP contribution < -0.4 is 0 Å². The van der Waals surface area contributed by atoms with Crippen LogP contribution in [0.25, 0.3) is 0 Å². The van der Waals surface area contributed by atoms with E-state index in [0.717, 1.165) is 12.8 Å². The summed E-state index contributed by atoms with van der Waals surface area (Å²) in [5.74, 6) is 0.409. The fourth-order valence-corrected chi connectivity index (χ4v) is 2.17. The zero-order chi connectivity index (χ0) is 7.84. The Balaban J connectivity index is 0.000000720. The van der Waals surface area contributed by atoms with Crippen molar-refractivity contribution in [3.05, 3.63) is 11.6 Å². The van der Waals surface area contributed by atoms with Crippen LogP contribution in [0.4, 0.5) is 0 Å². The van der Waals surface area contributed by atoms with Gasteiger partial charge in [-0.15, -0.1) is 0 Å². The number of carboxylic acid groups (broad SMARTS) is 1. The molecule has 0 spiro atoms. The first kappa shape index (κ1) is 9.26. The van der Waals surface area contributed by atoms with E-state index in [1.807, 2.05) is 6.08 Å². The monoisotopic (exact) mass is 170 g/mol. The zero-order valence-corrected chi connectivity index (χ0v) is 6.92. The molecule has 0 aromatic carbocycles. The Labute approximate surface area is 71.4 Å². The predicted octanol–water partition coefficient (Wildman–Crippen LogP) is 0.993. The number of hydrogen-bond acceptors (Lipinski definition) is 1. The Kier molecular flexibility index (Phi) is 2.52. The molecular formula is C9H14O3. The first-order valence-electron chi connectivity index (χ1n) is 4.22. The van der Waals surface area contributed by atoms with Crippen molar-refractivity contribution in [1.82, 2.24) is 0 Å². The summed E-state index contributed by atoms with van der Waals surface area (Å²) in [5.41, 5.74) is 0.688. The summed E-state index contributed by atoms with van der Waals surface area (Å²) in [6, 6.07) is 0. The molecule has 0 radical (unpaired) electrons. The highest BCUT2D eigenvalue weighted by atomic mass is 16.4. The van der Waals surface area contributed by atoms with Crippen molar-refractivity contribution in [2.75, 3.05) is 0 Å². The lowest BCUT2D eigenvalue weighted by Gasteiger charge is -2.39. The molecule has 0 heterocycles. The SMILES string of the molecule is O.O=C(O)C1=CCCC2CCC12. The van der Waals surface area contributed by atoms with Crippen molar-refractivity contribution in [2.24, 2.45) is 11.8 Å². The van der Waals surface area contributed by atoms with Gasteiger partial charge in [0.05, 0.1) is 0 Å². The molecule has 68 valence electrons. The molecular weight excluding hydrogens is 156 g/mol. The molecule has 0 aromatic rings. The molecule has 0 bridgehead atoms. The average molecular weight is 170 g/mol. The molecule has 3 N–H and O–H groups in total. The van der Waals surface area contributed by atoms with E-state index in [2.05, 4.69) is 0 Å². The van der Waals surface area contributed by atoms with Gasteiger partial charge < -0.3 is 10.6 Å². The van der Waals surface area contributed by atoms with Crippen LogP contribution in [0.5, 0.6) is 0 Å². The summed E-state index contributed by atoms with van der Waals surface area (Å²) in [5, 5.41) is 8.79. The smallest absolute Gasteiger partial charge is 0.331 e. The third-order valence-electron chi connectivity index (χ3n) is 2.97. The van der Waals surface area contributed by atoms with Crippen molar-refractivity contribution < 1.29 is 15.4 Å².